The van der Waals surface area contributed by atoms with Gasteiger partial charge in [-0.3, -0.25) is 0 Å². The molecular formula is C8H19N3O. The number of urea groups is 1. The summed E-state index contributed by atoms with van der Waals surface area (Å²) in [4.78, 5) is 11.1. The number of amides is 2. The van der Waals surface area contributed by atoms with E-state index in [-0.39, 0.29) is 17.6 Å². The number of hydrogen-bond donors (Lipinski definition) is 3. The molecule has 72 valence electrons. The topological polar surface area (TPSA) is 67.2 Å². The highest BCUT2D eigenvalue weighted by molar-refractivity contribution is 5.74. The number of nitrogens with two attached hydrogens (primary N) is 1. The Morgan fingerprint density at radius 3 is 2.42 bits per heavy atom. The first-order valence-corrected chi connectivity index (χ1v) is 4.21. The van der Waals surface area contributed by atoms with E-state index >= 15 is 0 Å². The van der Waals surface area contributed by atoms with Gasteiger partial charge < -0.3 is 16.4 Å². The maximum absolute atomic E-state index is 11.1. The van der Waals surface area contributed by atoms with Crippen molar-refractivity contribution in [3.05, 3.63) is 0 Å². The number of carbonyl (C=O) groups excluding carboxylic acids is 1. The zero-order valence-electron chi connectivity index (χ0n) is 8.27. The zero-order chi connectivity index (χ0) is 9.78. The third-order valence-electron chi connectivity index (χ3n) is 1.91. The summed E-state index contributed by atoms with van der Waals surface area (Å²) in [6, 6.07) is -0.236. The minimum Gasteiger partial charge on any atom is -0.338 e. The van der Waals surface area contributed by atoms with Crippen LogP contribution >= 0.6 is 0 Å². The molecule has 12 heavy (non-hydrogen) atoms. The fourth-order valence-corrected chi connectivity index (χ4v) is 0.611. The highest BCUT2D eigenvalue weighted by Gasteiger charge is 2.24. The first kappa shape index (κ1) is 11.2. The van der Waals surface area contributed by atoms with Crippen molar-refractivity contribution in [2.75, 3.05) is 6.54 Å². The van der Waals surface area contributed by atoms with Gasteiger partial charge in [-0.15, -0.1) is 0 Å². The van der Waals surface area contributed by atoms with Crippen LogP contribution < -0.4 is 16.4 Å². The lowest BCUT2D eigenvalue weighted by Gasteiger charge is -2.30. The molecule has 0 heterocycles. The van der Waals surface area contributed by atoms with E-state index in [1.807, 2.05) is 27.7 Å². The van der Waals surface area contributed by atoms with Crippen LogP contribution in [0, 0.1) is 0 Å². The highest BCUT2D eigenvalue weighted by Crippen LogP contribution is 2.05. The van der Waals surface area contributed by atoms with Crippen LogP contribution in [0.15, 0.2) is 0 Å². The normalized spacial score (nSPS) is 13.8. The van der Waals surface area contributed by atoms with Crippen LogP contribution in [-0.4, -0.2) is 24.2 Å². The lowest BCUT2D eigenvalue weighted by molar-refractivity contribution is 0.225. The van der Waals surface area contributed by atoms with Crippen LogP contribution in [-0.2, 0) is 0 Å². The molecule has 0 aromatic carbocycles. The summed E-state index contributed by atoms with van der Waals surface area (Å²) in [6.45, 7) is 8.16. The average Bonchev–Trinajstić information content (AvgIpc) is 1.85. The van der Waals surface area contributed by atoms with Gasteiger partial charge in [0.2, 0.25) is 0 Å². The molecule has 4 heteroatoms. The molecule has 0 aliphatic rings. The number of nitrogens with one attached hydrogen (secondary N) is 2. The monoisotopic (exact) mass is 173 g/mol. The Labute approximate surface area is 73.9 Å². The zero-order valence-corrected chi connectivity index (χ0v) is 8.27. The second kappa shape index (κ2) is 4.30. The summed E-state index contributed by atoms with van der Waals surface area (Å²) in [5.74, 6) is 0. The van der Waals surface area contributed by atoms with Crippen molar-refractivity contribution in [2.45, 2.75) is 39.3 Å². The van der Waals surface area contributed by atoms with E-state index in [9.17, 15) is 4.79 Å². The third kappa shape index (κ3) is 3.57. The van der Waals surface area contributed by atoms with Gasteiger partial charge in [-0.05, 0) is 27.7 Å². The van der Waals surface area contributed by atoms with Crippen molar-refractivity contribution in [1.29, 1.82) is 0 Å². The van der Waals surface area contributed by atoms with Crippen molar-refractivity contribution in [3.63, 3.8) is 0 Å². The molecule has 4 N–H and O–H groups in total. The van der Waals surface area contributed by atoms with E-state index in [4.69, 9.17) is 5.73 Å². The van der Waals surface area contributed by atoms with Gasteiger partial charge in [0, 0.05) is 12.6 Å². The van der Waals surface area contributed by atoms with Crippen LogP contribution in [0.25, 0.3) is 0 Å². The number of hydrogen-bond acceptors (Lipinski definition) is 2. The molecule has 2 amide bonds. The van der Waals surface area contributed by atoms with E-state index in [1.165, 1.54) is 0 Å². The van der Waals surface area contributed by atoms with Gasteiger partial charge in [-0.1, -0.05) is 0 Å². The first-order valence-electron chi connectivity index (χ1n) is 4.21. The van der Waals surface area contributed by atoms with E-state index in [0.717, 1.165) is 0 Å². The van der Waals surface area contributed by atoms with Crippen LogP contribution in [0.2, 0.25) is 0 Å². The van der Waals surface area contributed by atoms with Crippen LogP contribution in [0.5, 0.6) is 0 Å². The average molecular weight is 173 g/mol. The Morgan fingerprint density at radius 1 is 1.58 bits per heavy atom. The predicted molar refractivity (Wildman–Crippen MR) is 49.9 cm³/mol. The lowest BCUT2D eigenvalue weighted by Crippen LogP contribution is -2.57. The molecule has 0 rings (SSSR count). The molecular weight excluding hydrogens is 154 g/mol. The summed E-state index contributed by atoms with van der Waals surface area (Å²) in [5.41, 5.74) is 5.31. The molecule has 0 saturated carbocycles. The highest BCUT2D eigenvalue weighted by atomic mass is 16.2. The van der Waals surface area contributed by atoms with E-state index < -0.39 is 0 Å². The number of carbonyl (C=O) groups is 1. The van der Waals surface area contributed by atoms with Crippen molar-refractivity contribution in [1.82, 2.24) is 10.6 Å². The van der Waals surface area contributed by atoms with E-state index in [2.05, 4.69) is 10.6 Å². The largest absolute Gasteiger partial charge is 0.338 e. The predicted octanol–water partition coefficient (Wildman–Crippen LogP) is 0.431. The standard InChI is InChI=1S/C8H19N3O/c1-5-10-7(12)11-8(3,4)6(2)9/h6H,5,9H2,1-4H3,(H2,10,11,12). The van der Waals surface area contributed by atoms with Crippen molar-refractivity contribution in [2.24, 2.45) is 5.73 Å². The maximum atomic E-state index is 11.1. The summed E-state index contributed by atoms with van der Waals surface area (Å²) in [7, 11) is 0. The Bertz CT molecular complexity index is 154. The molecule has 0 radical (unpaired) electrons. The molecule has 0 spiro atoms. The lowest BCUT2D eigenvalue weighted by atomic mass is 9.97. The maximum Gasteiger partial charge on any atom is 0.315 e. The molecule has 0 aliphatic heterocycles. The van der Waals surface area contributed by atoms with Gasteiger partial charge in [0.25, 0.3) is 0 Å². The van der Waals surface area contributed by atoms with Crippen LogP contribution in [0.3, 0.4) is 0 Å². The summed E-state index contributed by atoms with van der Waals surface area (Å²) >= 11 is 0. The Balaban J connectivity index is 3.97. The summed E-state index contributed by atoms with van der Waals surface area (Å²) in [5, 5.41) is 5.43. The summed E-state index contributed by atoms with van der Waals surface area (Å²) < 4.78 is 0. The van der Waals surface area contributed by atoms with Crippen molar-refractivity contribution in [3.8, 4) is 0 Å². The van der Waals surface area contributed by atoms with Gasteiger partial charge in [-0.2, -0.15) is 0 Å². The molecule has 4 nitrogen and oxygen atoms in total. The third-order valence-corrected chi connectivity index (χ3v) is 1.91. The quantitative estimate of drug-likeness (QED) is 0.579. The second-order valence-electron chi connectivity index (χ2n) is 3.49. The van der Waals surface area contributed by atoms with Crippen molar-refractivity contribution < 1.29 is 4.79 Å². The molecule has 0 aromatic heterocycles. The fraction of sp³-hybridized carbons (Fsp3) is 0.875. The van der Waals surface area contributed by atoms with E-state index in [1.54, 1.807) is 0 Å². The first-order chi connectivity index (χ1) is 5.40. The van der Waals surface area contributed by atoms with Gasteiger partial charge in [0.05, 0.1) is 5.54 Å². The van der Waals surface area contributed by atoms with E-state index in [0.29, 0.717) is 6.54 Å². The van der Waals surface area contributed by atoms with Gasteiger partial charge in [0.1, 0.15) is 0 Å². The molecule has 1 unspecified atom stereocenters. The van der Waals surface area contributed by atoms with Crippen LogP contribution in [0.1, 0.15) is 27.7 Å². The van der Waals surface area contributed by atoms with Crippen molar-refractivity contribution >= 4 is 6.03 Å². The van der Waals surface area contributed by atoms with Gasteiger partial charge in [0.15, 0.2) is 0 Å². The smallest absolute Gasteiger partial charge is 0.315 e. The second-order valence-corrected chi connectivity index (χ2v) is 3.49. The molecule has 1 atom stereocenters. The van der Waals surface area contributed by atoms with Gasteiger partial charge >= 0.3 is 6.03 Å². The SMILES string of the molecule is CCNC(=O)NC(C)(C)C(C)N. The minimum atomic E-state index is -0.362. The molecule has 0 aliphatic carbocycles. The Kier molecular flexibility index (Phi) is 4.03. The fourth-order valence-electron chi connectivity index (χ4n) is 0.611. The molecule has 0 saturated heterocycles. The minimum absolute atomic E-state index is 0.0693. The molecule has 0 bridgehead atoms. The number of rotatable bonds is 3. The molecule has 0 aromatic rings. The Hall–Kier alpha value is -0.770. The van der Waals surface area contributed by atoms with Crippen LogP contribution in [0.4, 0.5) is 4.79 Å². The van der Waals surface area contributed by atoms with Gasteiger partial charge in [-0.25, -0.2) is 4.79 Å². The Morgan fingerprint density at radius 2 is 2.08 bits per heavy atom. The molecule has 0 fully saturated rings. The summed E-state index contributed by atoms with van der Waals surface area (Å²) in [6.07, 6.45) is 0.